The second-order valence-corrected chi connectivity index (χ2v) is 6.12. The number of benzene rings is 1. The quantitative estimate of drug-likeness (QED) is 0.660. The molecule has 2 N–H and O–H groups in total. The topological polar surface area (TPSA) is 48.9 Å². The van der Waals surface area contributed by atoms with E-state index in [1.807, 2.05) is 19.2 Å². The zero-order valence-corrected chi connectivity index (χ0v) is 13.5. The minimum Gasteiger partial charge on any atom is -0.497 e. The summed E-state index contributed by atoms with van der Waals surface area (Å²) in [5.41, 5.74) is 1.23. The molecule has 5 heteroatoms. The predicted molar refractivity (Wildman–Crippen MR) is 90.9 cm³/mol. The van der Waals surface area contributed by atoms with E-state index >= 15 is 0 Å². The van der Waals surface area contributed by atoms with Crippen LogP contribution in [0.2, 0.25) is 0 Å². The summed E-state index contributed by atoms with van der Waals surface area (Å²) >= 11 is 0. The van der Waals surface area contributed by atoms with Gasteiger partial charge in [0.25, 0.3) is 0 Å². The van der Waals surface area contributed by atoms with E-state index in [0.29, 0.717) is 12.1 Å². The third-order valence-corrected chi connectivity index (χ3v) is 4.62. The van der Waals surface area contributed by atoms with Gasteiger partial charge in [0.05, 0.1) is 7.11 Å². The molecule has 0 amide bonds. The van der Waals surface area contributed by atoms with Crippen LogP contribution >= 0.6 is 0 Å². The molecule has 1 heterocycles. The average molecular weight is 302 g/mol. The number of guanidine groups is 1. The van der Waals surface area contributed by atoms with Crippen molar-refractivity contribution in [3.05, 3.63) is 24.3 Å². The predicted octanol–water partition coefficient (Wildman–Crippen LogP) is 1.99. The van der Waals surface area contributed by atoms with Crippen LogP contribution in [0.25, 0.3) is 0 Å². The molecule has 120 valence electrons. The minimum absolute atomic E-state index is 0.442. The Morgan fingerprint density at radius 3 is 2.73 bits per heavy atom. The SMILES string of the molecule is CN=C(NC1CCC1)NC1CCN(c2cccc(OC)c2)C1. The fourth-order valence-corrected chi connectivity index (χ4v) is 3.03. The molecule has 1 aromatic carbocycles. The highest BCUT2D eigenvalue weighted by atomic mass is 16.5. The van der Waals surface area contributed by atoms with Gasteiger partial charge < -0.3 is 20.3 Å². The van der Waals surface area contributed by atoms with E-state index in [1.165, 1.54) is 24.9 Å². The van der Waals surface area contributed by atoms with E-state index in [0.717, 1.165) is 31.2 Å². The van der Waals surface area contributed by atoms with E-state index in [4.69, 9.17) is 4.74 Å². The smallest absolute Gasteiger partial charge is 0.191 e. The Labute approximate surface area is 132 Å². The van der Waals surface area contributed by atoms with Crippen molar-refractivity contribution in [3.63, 3.8) is 0 Å². The number of rotatable bonds is 4. The summed E-state index contributed by atoms with van der Waals surface area (Å²) in [4.78, 5) is 6.75. The van der Waals surface area contributed by atoms with Gasteiger partial charge in [-0.25, -0.2) is 0 Å². The molecule has 0 aromatic heterocycles. The largest absolute Gasteiger partial charge is 0.497 e. The maximum Gasteiger partial charge on any atom is 0.191 e. The van der Waals surface area contributed by atoms with Gasteiger partial charge in [-0.1, -0.05) is 6.07 Å². The first-order chi connectivity index (χ1) is 10.8. The summed E-state index contributed by atoms with van der Waals surface area (Å²) in [6.45, 7) is 2.06. The zero-order valence-electron chi connectivity index (χ0n) is 13.5. The first-order valence-electron chi connectivity index (χ1n) is 8.17. The Hall–Kier alpha value is -1.91. The second-order valence-electron chi connectivity index (χ2n) is 6.12. The third kappa shape index (κ3) is 3.46. The van der Waals surface area contributed by atoms with E-state index in [9.17, 15) is 0 Å². The number of ether oxygens (including phenoxy) is 1. The fourth-order valence-electron chi connectivity index (χ4n) is 3.03. The summed E-state index contributed by atoms with van der Waals surface area (Å²) in [5, 5.41) is 7.06. The van der Waals surface area contributed by atoms with Crippen molar-refractivity contribution in [1.29, 1.82) is 0 Å². The van der Waals surface area contributed by atoms with Gasteiger partial charge in [0, 0.05) is 44.0 Å². The van der Waals surface area contributed by atoms with Crippen LogP contribution < -0.4 is 20.3 Å². The molecule has 1 aromatic rings. The maximum atomic E-state index is 5.31. The van der Waals surface area contributed by atoms with Gasteiger partial charge >= 0.3 is 0 Å². The molecule has 0 spiro atoms. The van der Waals surface area contributed by atoms with E-state index < -0.39 is 0 Å². The van der Waals surface area contributed by atoms with Crippen LogP contribution in [-0.2, 0) is 0 Å². The van der Waals surface area contributed by atoms with Crippen molar-refractivity contribution in [1.82, 2.24) is 10.6 Å². The van der Waals surface area contributed by atoms with Crippen LogP contribution in [0.3, 0.4) is 0 Å². The summed E-state index contributed by atoms with van der Waals surface area (Å²) < 4.78 is 5.31. The highest BCUT2D eigenvalue weighted by Gasteiger charge is 2.25. The first kappa shape index (κ1) is 15.0. The van der Waals surface area contributed by atoms with Gasteiger partial charge in [0.1, 0.15) is 5.75 Å². The van der Waals surface area contributed by atoms with E-state index in [1.54, 1.807) is 7.11 Å². The normalized spacial score (nSPS) is 22.4. The number of methoxy groups -OCH3 is 1. The van der Waals surface area contributed by atoms with Gasteiger partial charge in [-0.15, -0.1) is 0 Å². The highest BCUT2D eigenvalue weighted by molar-refractivity contribution is 5.80. The Balaban J connectivity index is 1.54. The van der Waals surface area contributed by atoms with Crippen LogP contribution in [-0.4, -0.2) is 45.3 Å². The molecule has 22 heavy (non-hydrogen) atoms. The lowest BCUT2D eigenvalue weighted by molar-refractivity contribution is 0.378. The Morgan fingerprint density at radius 1 is 1.23 bits per heavy atom. The lowest BCUT2D eigenvalue weighted by Gasteiger charge is -2.29. The number of hydrogen-bond acceptors (Lipinski definition) is 3. The summed E-state index contributed by atoms with van der Waals surface area (Å²) in [7, 11) is 3.56. The van der Waals surface area contributed by atoms with Gasteiger partial charge in [-0.2, -0.15) is 0 Å². The lowest BCUT2D eigenvalue weighted by Crippen LogP contribution is -2.50. The van der Waals surface area contributed by atoms with Gasteiger partial charge in [0.2, 0.25) is 0 Å². The van der Waals surface area contributed by atoms with Gasteiger partial charge in [-0.05, 0) is 37.8 Å². The van der Waals surface area contributed by atoms with Crippen molar-refractivity contribution in [3.8, 4) is 5.75 Å². The molecule has 1 saturated heterocycles. The molecule has 2 aliphatic rings. The van der Waals surface area contributed by atoms with Crippen LogP contribution in [0.15, 0.2) is 29.3 Å². The van der Waals surface area contributed by atoms with Crippen molar-refractivity contribution in [2.75, 3.05) is 32.1 Å². The molecule has 2 fully saturated rings. The lowest BCUT2D eigenvalue weighted by atomic mass is 9.93. The Morgan fingerprint density at radius 2 is 2.05 bits per heavy atom. The fraction of sp³-hybridized carbons (Fsp3) is 0.588. The molecule has 0 bridgehead atoms. The van der Waals surface area contributed by atoms with E-state index in [2.05, 4.69) is 32.7 Å². The Bertz CT molecular complexity index is 527. The molecule has 0 radical (unpaired) electrons. The molecule has 1 atom stereocenters. The van der Waals surface area contributed by atoms with Crippen molar-refractivity contribution in [2.45, 2.75) is 37.8 Å². The number of nitrogens with one attached hydrogen (secondary N) is 2. The second kappa shape index (κ2) is 6.90. The van der Waals surface area contributed by atoms with Gasteiger partial charge in [0.15, 0.2) is 5.96 Å². The van der Waals surface area contributed by atoms with Crippen LogP contribution in [0.5, 0.6) is 5.75 Å². The zero-order chi connectivity index (χ0) is 15.4. The number of nitrogens with zero attached hydrogens (tertiary/aromatic N) is 2. The molecule has 1 aliphatic heterocycles. The summed E-state index contributed by atoms with van der Waals surface area (Å²) in [5.74, 6) is 1.86. The minimum atomic E-state index is 0.442. The monoisotopic (exact) mass is 302 g/mol. The van der Waals surface area contributed by atoms with Gasteiger partial charge in [-0.3, -0.25) is 4.99 Å². The Kier molecular flexibility index (Phi) is 4.71. The standard InChI is InChI=1S/C17H26N4O/c1-18-17(19-13-5-3-6-13)20-14-9-10-21(12-14)15-7-4-8-16(11-15)22-2/h4,7-8,11,13-14H,3,5-6,9-10,12H2,1-2H3,(H2,18,19,20). The molecular weight excluding hydrogens is 276 g/mol. The number of hydrogen-bond donors (Lipinski definition) is 2. The molecule has 5 nitrogen and oxygen atoms in total. The van der Waals surface area contributed by atoms with Crippen LogP contribution in [0.4, 0.5) is 5.69 Å². The van der Waals surface area contributed by atoms with Crippen molar-refractivity contribution in [2.24, 2.45) is 4.99 Å². The van der Waals surface area contributed by atoms with Crippen molar-refractivity contribution < 1.29 is 4.74 Å². The van der Waals surface area contributed by atoms with E-state index in [-0.39, 0.29) is 0 Å². The highest BCUT2D eigenvalue weighted by Crippen LogP contribution is 2.24. The molecule has 1 unspecified atom stereocenters. The molecule has 1 saturated carbocycles. The number of anilines is 1. The molecule has 1 aliphatic carbocycles. The summed E-state index contributed by atoms with van der Waals surface area (Å²) in [6, 6.07) is 9.33. The maximum absolute atomic E-state index is 5.31. The molecule has 3 rings (SSSR count). The first-order valence-corrected chi connectivity index (χ1v) is 8.17. The van der Waals surface area contributed by atoms with Crippen LogP contribution in [0, 0.1) is 0 Å². The third-order valence-electron chi connectivity index (χ3n) is 4.62. The number of aliphatic imine (C=N–C) groups is 1. The molecular formula is C17H26N4O. The van der Waals surface area contributed by atoms with Crippen molar-refractivity contribution >= 4 is 11.6 Å². The van der Waals surface area contributed by atoms with Crippen LogP contribution in [0.1, 0.15) is 25.7 Å². The summed E-state index contributed by atoms with van der Waals surface area (Å²) in [6.07, 6.45) is 4.99. The average Bonchev–Trinajstić information content (AvgIpc) is 2.98.